The predicted molar refractivity (Wildman–Crippen MR) is 142 cm³/mol. The molecule has 3 heteroatoms. The van der Waals surface area contributed by atoms with Gasteiger partial charge < -0.3 is 14.9 Å². The van der Waals surface area contributed by atoms with Crippen LogP contribution in [0, 0.1) is 17.8 Å². The number of rotatable bonds is 18. The van der Waals surface area contributed by atoms with Crippen LogP contribution in [-0.4, -0.2) is 34.6 Å². The minimum atomic E-state index is -0.545. The second-order valence-electron chi connectivity index (χ2n) is 11.2. The van der Waals surface area contributed by atoms with Crippen LogP contribution in [0.2, 0.25) is 0 Å². The van der Waals surface area contributed by atoms with Crippen LogP contribution in [-0.2, 0) is 4.74 Å². The Morgan fingerprint density at radius 1 is 0.970 bits per heavy atom. The molecule has 2 N–H and O–H groups in total. The smallest absolute Gasteiger partial charge is 0.0818 e. The molecule has 1 aliphatic carbocycles. The molecule has 6 unspecified atom stereocenters. The molecule has 0 spiro atoms. The molecule has 194 valence electrons. The molecule has 0 saturated carbocycles. The highest BCUT2D eigenvalue weighted by molar-refractivity contribution is 5.20. The van der Waals surface area contributed by atoms with Gasteiger partial charge >= 0.3 is 0 Å². The largest absolute Gasteiger partial charge is 0.390 e. The van der Waals surface area contributed by atoms with Crippen LogP contribution < -0.4 is 0 Å². The molecule has 0 aromatic heterocycles. The lowest BCUT2D eigenvalue weighted by molar-refractivity contribution is -0.0111. The van der Waals surface area contributed by atoms with Crippen molar-refractivity contribution in [3.63, 3.8) is 0 Å². The summed E-state index contributed by atoms with van der Waals surface area (Å²) in [5, 5.41) is 21.2. The fourth-order valence-corrected chi connectivity index (χ4v) is 4.97. The van der Waals surface area contributed by atoms with Gasteiger partial charge in [-0.2, -0.15) is 0 Å². The lowest BCUT2D eigenvalue weighted by Crippen LogP contribution is -2.38. The average Bonchev–Trinajstić information content (AvgIpc) is 2.76. The molecule has 0 saturated heterocycles. The Balaban J connectivity index is 2.35. The lowest BCUT2D eigenvalue weighted by Gasteiger charge is -2.37. The quantitative estimate of drug-likeness (QED) is 0.160. The highest BCUT2D eigenvalue weighted by atomic mass is 16.5. The molecule has 0 fully saturated rings. The van der Waals surface area contributed by atoms with Gasteiger partial charge in [-0.25, -0.2) is 0 Å². The van der Waals surface area contributed by atoms with Crippen LogP contribution in [0.1, 0.15) is 125 Å². The van der Waals surface area contributed by atoms with Crippen molar-refractivity contribution in [2.75, 3.05) is 6.61 Å². The van der Waals surface area contributed by atoms with Crippen LogP contribution >= 0.6 is 0 Å². The number of aliphatic hydroxyl groups is 2. The number of ether oxygens (including phenoxy) is 1. The summed E-state index contributed by atoms with van der Waals surface area (Å²) in [4.78, 5) is 0. The first kappa shape index (κ1) is 30.4. The maximum atomic E-state index is 10.7. The van der Waals surface area contributed by atoms with Crippen molar-refractivity contribution in [2.45, 2.75) is 143 Å². The monoisotopic (exact) mass is 464 g/mol. The summed E-state index contributed by atoms with van der Waals surface area (Å²) in [5.74, 6) is 1.34. The molecule has 0 aromatic carbocycles. The molecule has 1 rings (SSSR count). The van der Waals surface area contributed by atoms with Gasteiger partial charge in [0.2, 0.25) is 0 Å². The van der Waals surface area contributed by atoms with E-state index in [1.807, 2.05) is 13.0 Å². The summed E-state index contributed by atoms with van der Waals surface area (Å²) in [6.07, 6.45) is 20.8. The molecule has 0 amide bonds. The Morgan fingerprint density at radius 3 is 2.33 bits per heavy atom. The molecular formula is C30H56O3. The fraction of sp³-hybridized carbons (Fsp3) is 0.867. The Morgan fingerprint density at radius 2 is 1.64 bits per heavy atom. The Hall–Kier alpha value is -0.640. The van der Waals surface area contributed by atoms with Gasteiger partial charge in [0, 0.05) is 6.61 Å². The van der Waals surface area contributed by atoms with Gasteiger partial charge in [0.05, 0.1) is 17.8 Å². The summed E-state index contributed by atoms with van der Waals surface area (Å²) >= 11 is 0. The fourth-order valence-electron chi connectivity index (χ4n) is 4.97. The van der Waals surface area contributed by atoms with Crippen LogP contribution in [0.25, 0.3) is 0 Å². The second kappa shape index (κ2) is 16.9. The standard InChI is InChI=1S/C30H56O3/c1-7-9-13-17-24(3)18-16-21-30(6,32)20-15-12-11-14-19-27-23-28(31)25(4)26(5)29(27)33-22-10-8-2/h11,14,23-26,28-29,31-32H,7-10,12-13,15-22H2,1-6H3. The van der Waals surface area contributed by atoms with Crippen LogP contribution in [0.5, 0.6) is 0 Å². The highest BCUT2D eigenvalue weighted by Crippen LogP contribution is 2.34. The number of aliphatic hydroxyl groups excluding tert-OH is 1. The zero-order valence-electron chi connectivity index (χ0n) is 22.8. The Labute approximate surface area is 206 Å². The van der Waals surface area contributed by atoms with E-state index in [1.54, 1.807) is 0 Å². The van der Waals surface area contributed by atoms with Gasteiger partial charge in [0.25, 0.3) is 0 Å². The van der Waals surface area contributed by atoms with Crippen molar-refractivity contribution in [3.05, 3.63) is 23.8 Å². The Bertz CT molecular complexity index is 551. The molecule has 33 heavy (non-hydrogen) atoms. The van der Waals surface area contributed by atoms with E-state index in [1.165, 1.54) is 37.7 Å². The van der Waals surface area contributed by atoms with Crippen molar-refractivity contribution >= 4 is 0 Å². The summed E-state index contributed by atoms with van der Waals surface area (Å²) in [5.41, 5.74) is 0.678. The molecule has 0 aromatic rings. The van der Waals surface area contributed by atoms with Crippen molar-refractivity contribution in [3.8, 4) is 0 Å². The lowest BCUT2D eigenvalue weighted by atomic mass is 9.77. The molecule has 0 bridgehead atoms. The average molecular weight is 465 g/mol. The number of unbranched alkanes of at least 4 members (excludes halogenated alkanes) is 4. The molecule has 0 heterocycles. The Kier molecular flexibility index (Phi) is 15.6. The summed E-state index contributed by atoms with van der Waals surface area (Å²) in [6, 6.07) is 0. The van der Waals surface area contributed by atoms with Crippen molar-refractivity contribution in [2.24, 2.45) is 17.8 Å². The first-order valence-corrected chi connectivity index (χ1v) is 14.1. The maximum absolute atomic E-state index is 10.7. The second-order valence-corrected chi connectivity index (χ2v) is 11.2. The van der Waals surface area contributed by atoms with Gasteiger partial charge in [-0.15, -0.1) is 0 Å². The van der Waals surface area contributed by atoms with Crippen LogP contribution in [0.15, 0.2) is 23.8 Å². The van der Waals surface area contributed by atoms with Crippen molar-refractivity contribution < 1.29 is 14.9 Å². The number of hydrogen-bond acceptors (Lipinski definition) is 3. The maximum Gasteiger partial charge on any atom is 0.0818 e. The first-order valence-electron chi connectivity index (χ1n) is 14.1. The molecule has 3 nitrogen and oxygen atoms in total. The van der Waals surface area contributed by atoms with E-state index in [0.29, 0.717) is 5.92 Å². The molecule has 6 atom stereocenters. The van der Waals surface area contributed by atoms with Crippen LogP contribution in [0.3, 0.4) is 0 Å². The number of hydrogen-bond donors (Lipinski definition) is 2. The molecular weight excluding hydrogens is 408 g/mol. The third-order valence-corrected chi connectivity index (χ3v) is 7.71. The van der Waals surface area contributed by atoms with Gasteiger partial charge in [-0.1, -0.05) is 97.8 Å². The van der Waals surface area contributed by atoms with E-state index in [9.17, 15) is 10.2 Å². The zero-order valence-corrected chi connectivity index (χ0v) is 22.8. The van der Waals surface area contributed by atoms with Gasteiger partial charge in [-0.3, -0.25) is 0 Å². The van der Waals surface area contributed by atoms with E-state index >= 15 is 0 Å². The minimum Gasteiger partial charge on any atom is -0.390 e. The summed E-state index contributed by atoms with van der Waals surface area (Å²) in [6.45, 7) is 13.9. The minimum absolute atomic E-state index is 0.115. The van der Waals surface area contributed by atoms with E-state index in [2.05, 4.69) is 46.8 Å². The highest BCUT2D eigenvalue weighted by Gasteiger charge is 2.34. The normalized spacial score (nSPS) is 26.4. The summed E-state index contributed by atoms with van der Waals surface area (Å²) in [7, 11) is 0. The van der Waals surface area contributed by atoms with Gasteiger partial charge in [0.15, 0.2) is 0 Å². The zero-order chi connectivity index (χ0) is 24.7. The van der Waals surface area contributed by atoms with Gasteiger partial charge in [0.1, 0.15) is 0 Å². The van der Waals surface area contributed by atoms with Crippen molar-refractivity contribution in [1.82, 2.24) is 0 Å². The van der Waals surface area contributed by atoms with E-state index in [4.69, 9.17) is 4.74 Å². The topological polar surface area (TPSA) is 49.7 Å². The number of allylic oxidation sites excluding steroid dienone is 2. The van der Waals surface area contributed by atoms with E-state index in [-0.39, 0.29) is 18.1 Å². The molecule has 0 radical (unpaired) electrons. The third-order valence-electron chi connectivity index (χ3n) is 7.71. The molecule has 1 aliphatic rings. The van der Waals surface area contributed by atoms with Gasteiger partial charge in [-0.05, 0) is 68.8 Å². The molecule has 0 aliphatic heterocycles. The SMILES string of the molecule is CCCCCC(C)CCCC(C)(O)CCCC=CCC1=CC(O)C(C)C(C)C1OCCCC. The summed E-state index contributed by atoms with van der Waals surface area (Å²) < 4.78 is 6.23. The van der Waals surface area contributed by atoms with E-state index in [0.717, 1.165) is 63.9 Å². The third kappa shape index (κ3) is 12.6. The first-order chi connectivity index (χ1) is 15.7. The van der Waals surface area contributed by atoms with Crippen LogP contribution in [0.4, 0.5) is 0 Å². The van der Waals surface area contributed by atoms with E-state index < -0.39 is 5.60 Å². The predicted octanol–water partition coefficient (Wildman–Crippen LogP) is 8.00. The van der Waals surface area contributed by atoms with Crippen molar-refractivity contribution in [1.29, 1.82) is 0 Å².